The predicted octanol–water partition coefficient (Wildman–Crippen LogP) is 6.74. The van der Waals surface area contributed by atoms with Gasteiger partial charge in [0.25, 0.3) is 0 Å². The van der Waals surface area contributed by atoms with Crippen molar-refractivity contribution in [1.82, 2.24) is 18.8 Å². The maximum absolute atomic E-state index is 12.3. The van der Waals surface area contributed by atoms with E-state index in [1.165, 1.54) is 17.8 Å². The second-order valence-corrected chi connectivity index (χ2v) is 10.9. The summed E-state index contributed by atoms with van der Waals surface area (Å²) in [5.41, 5.74) is 8.21. The standard InChI is InChI=1S/C17H16FN3O.C17H17N3O/c18-12-22-15-4-1-3-13(9-15)16-11-21-8-5-14(10-17(21)19-16)20-6-2-7-20;1-12-10-20(12)14-7-8-19-11-16(18-17(19)9-14)13-3-5-15(21-2)6-4-13/h1,3-5,8-11H,2,6-7,12H2;3-9,11-12H,10H2,1-2H3. The molecule has 6 heterocycles. The zero-order chi connectivity index (χ0) is 29.3. The van der Waals surface area contributed by atoms with Crippen molar-refractivity contribution in [1.29, 1.82) is 0 Å². The lowest BCUT2D eigenvalue weighted by atomic mass is 10.1. The fraction of sp³-hybridized carbons (Fsp3) is 0.235. The summed E-state index contributed by atoms with van der Waals surface area (Å²) in [5, 5.41) is 0. The van der Waals surface area contributed by atoms with Gasteiger partial charge in [-0.25, -0.2) is 14.4 Å². The number of alkyl halides is 1. The summed E-state index contributed by atoms with van der Waals surface area (Å²) < 4.78 is 26.5. The fourth-order valence-electron chi connectivity index (χ4n) is 5.34. The Hall–Kier alpha value is -5.05. The van der Waals surface area contributed by atoms with E-state index in [-0.39, 0.29) is 0 Å². The molecular weight excluding hydrogens is 543 g/mol. The number of rotatable bonds is 7. The molecule has 0 saturated carbocycles. The monoisotopic (exact) mass is 576 g/mol. The fourth-order valence-corrected chi connectivity index (χ4v) is 5.34. The van der Waals surface area contributed by atoms with Crippen molar-refractivity contribution in [2.24, 2.45) is 0 Å². The highest BCUT2D eigenvalue weighted by Crippen LogP contribution is 2.30. The summed E-state index contributed by atoms with van der Waals surface area (Å²) in [5.74, 6) is 1.37. The second-order valence-electron chi connectivity index (χ2n) is 10.9. The quantitative estimate of drug-likeness (QED) is 0.196. The van der Waals surface area contributed by atoms with E-state index in [9.17, 15) is 4.39 Å². The highest BCUT2D eigenvalue weighted by molar-refractivity contribution is 5.68. The number of methoxy groups -OCH3 is 1. The third-order valence-corrected chi connectivity index (χ3v) is 8.04. The summed E-state index contributed by atoms with van der Waals surface area (Å²) in [7, 11) is 1.68. The Morgan fingerprint density at radius 3 is 2.05 bits per heavy atom. The van der Waals surface area contributed by atoms with Crippen molar-refractivity contribution in [3.8, 4) is 34.0 Å². The van der Waals surface area contributed by atoms with E-state index >= 15 is 0 Å². The Morgan fingerprint density at radius 1 is 0.791 bits per heavy atom. The molecule has 0 radical (unpaired) electrons. The molecule has 6 aromatic rings. The Labute approximate surface area is 249 Å². The molecule has 9 heteroatoms. The number of ether oxygens (including phenoxy) is 2. The average molecular weight is 577 g/mol. The lowest BCUT2D eigenvalue weighted by Gasteiger charge is -2.33. The van der Waals surface area contributed by atoms with Crippen LogP contribution < -0.4 is 19.3 Å². The van der Waals surface area contributed by atoms with Crippen molar-refractivity contribution < 1.29 is 13.9 Å². The molecule has 0 N–H and O–H groups in total. The van der Waals surface area contributed by atoms with Crippen LogP contribution in [0.4, 0.5) is 15.8 Å². The number of anilines is 2. The number of benzene rings is 2. The summed E-state index contributed by atoms with van der Waals surface area (Å²) in [4.78, 5) is 14.1. The lowest BCUT2D eigenvalue weighted by Crippen LogP contribution is -2.36. The average Bonchev–Trinajstić information content (AvgIpc) is 3.38. The molecule has 1 unspecified atom stereocenters. The zero-order valence-electron chi connectivity index (χ0n) is 24.2. The first-order valence-corrected chi connectivity index (χ1v) is 14.5. The molecule has 0 spiro atoms. The van der Waals surface area contributed by atoms with Gasteiger partial charge >= 0.3 is 0 Å². The van der Waals surface area contributed by atoms with E-state index in [4.69, 9.17) is 14.5 Å². The van der Waals surface area contributed by atoms with Crippen LogP contribution in [0.3, 0.4) is 0 Å². The van der Waals surface area contributed by atoms with E-state index < -0.39 is 6.86 Å². The van der Waals surface area contributed by atoms with Crippen LogP contribution in [0.2, 0.25) is 0 Å². The number of fused-ring (bicyclic) bond motifs is 2. The number of aromatic nitrogens is 4. The molecular formula is C34H33FN6O2. The maximum Gasteiger partial charge on any atom is 0.228 e. The van der Waals surface area contributed by atoms with Crippen LogP contribution in [0.15, 0.2) is 97.6 Å². The molecule has 2 aliphatic rings. The highest BCUT2D eigenvalue weighted by Gasteiger charge is 2.29. The van der Waals surface area contributed by atoms with E-state index in [0.717, 1.165) is 59.2 Å². The van der Waals surface area contributed by atoms with Gasteiger partial charge in [0.1, 0.15) is 22.8 Å². The summed E-state index contributed by atoms with van der Waals surface area (Å²) in [6.07, 6.45) is 9.40. The number of imidazole rings is 2. The molecule has 0 bridgehead atoms. The number of nitrogens with zero attached hydrogens (tertiary/aromatic N) is 6. The Balaban J connectivity index is 0.000000140. The zero-order valence-corrected chi connectivity index (χ0v) is 24.2. The van der Waals surface area contributed by atoms with Crippen LogP contribution >= 0.6 is 0 Å². The minimum absolute atomic E-state index is 0.512. The van der Waals surface area contributed by atoms with Crippen LogP contribution in [0, 0.1) is 0 Å². The number of pyridine rings is 2. The molecule has 0 aliphatic carbocycles. The molecule has 2 saturated heterocycles. The number of hydrogen-bond donors (Lipinski definition) is 0. The van der Waals surface area contributed by atoms with E-state index in [1.807, 2.05) is 53.2 Å². The Bertz CT molecular complexity index is 1880. The summed E-state index contributed by atoms with van der Waals surface area (Å²) >= 11 is 0. The van der Waals surface area contributed by atoms with Gasteiger partial charge in [0.05, 0.1) is 18.5 Å². The van der Waals surface area contributed by atoms with E-state index in [0.29, 0.717) is 11.8 Å². The molecule has 1 atom stereocenters. The molecule has 2 aliphatic heterocycles. The van der Waals surface area contributed by atoms with Crippen LogP contribution in [0.25, 0.3) is 33.8 Å². The molecule has 8 rings (SSSR count). The van der Waals surface area contributed by atoms with Crippen LogP contribution in [-0.2, 0) is 0 Å². The lowest BCUT2D eigenvalue weighted by molar-refractivity contribution is 0.192. The molecule has 43 heavy (non-hydrogen) atoms. The third kappa shape index (κ3) is 5.58. The van der Waals surface area contributed by atoms with Gasteiger partial charge in [0.2, 0.25) is 6.86 Å². The van der Waals surface area contributed by atoms with Gasteiger partial charge in [-0.1, -0.05) is 12.1 Å². The summed E-state index contributed by atoms with van der Waals surface area (Å²) in [6.45, 7) is 4.79. The van der Waals surface area contributed by atoms with Crippen molar-refractivity contribution >= 4 is 22.7 Å². The van der Waals surface area contributed by atoms with Gasteiger partial charge in [-0.05, 0) is 61.9 Å². The molecule has 4 aromatic heterocycles. The van der Waals surface area contributed by atoms with E-state index in [1.54, 1.807) is 19.2 Å². The molecule has 2 aromatic carbocycles. The number of halogens is 1. The van der Waals surface area contributed by atoms with Gasteiger partial charge in [-0.15, -0.1) is 0 Å². The molecule has 218 valence electrons. The Kier molecular flexibility index (Phi) is 7.06. The topological polar surface area (TPSA) is 59.3 Å². The van der Waals surface area contributed by atoms with Crippen molar-refractivity contribution in [2.45, 2.75) is 19.4 Å². The Morgan fingerprint density at radius 2 is 1.44 bits per heavy atom. The molecule has 0 amide bonds. The largest absolute Gasteiger partial charge is 0.497 e. The van der Waals surface area contributed by atoms with Gasteiger partial charge in [-0.3, -0.25) is 0 Å². The van der Waals surface area contributed by atoms with Crippen molar-refractivity contribution in [2.75, 3.05) is 43.4 Å². The second kappa shape index (κ2) is 11.3. The van der Waals surface area contributed by atoms with Crippen molar-refractivity contribution in [3.05, 3.63) is 97.6 Å². The summed E-state index contributed by atoms with van der Waals surface area (Å²) in [6, 6.07) is 24.5. The normalized spacial score (nSPS) is 15.7. The van der Waals surface area contributed by atoms with Crippen LogP contribution in [0.1, 0.15) is 13.3 Å². The van der Waals surface area contributed by atoms with Crippen LogP contribution in [0.5, 0.6) is 11.5 Å². The smallest absolute Gasteiger partial charge is 0.228 e. The van der Waals surface area contributed by atoms with Gasteiger partial charge in [0, 0.05) is 85.1 Å². The third-order valence-electron chi connectivity index (χ3n) is 8.04. The molecule has 8 nitrogen and oxygen atoms in total. The minimum Gasteiger partial charge on any atom is -0.497 e. The first-order valence-electron chi connectivity index (χ1n) is 14.5. The van der Waals surface area contributed by atoms with E-state index in [2.05, 4.69) is 62.8 Å². The first-order chi connectivity index (χ1) is 21.1. The predicted molar refractivity (Wildman–Crippen MR) is 168 cm³/mol. The first kappa shape index (κ1) is 26.8. The van der Waals surface area contributed by atoms with Gasteiger partial charge in [-0.2, -0.15) is 0 Å². The van der Waals surface area contributed by atoms with Gasteiger partial charge < -0.3 is 28.1 Å². The number of hydrogen-bond acceptors (Lipinski definition) is 6. The SMILES string of the molecule is COc1ccc(-c2cn3ccc(N4CC4C)cc3n2)cc1.FCOc1cccc(-c2cn3ccc(N4CCC4)cc3n2)c1. The molecule has 2 fully saturated rings. The van der Waals surface area contributed by atoms with Crippen LogP contribution in [-0.4, -0.2) is 58.4 Å². The highest BCUT2D eigenvalue weighted by atomic mass is 19.1. The van der Waals surface area contributed by atoms with Gasteiger partial charge in [0.15, 0.2) is 0 Å². The van der Waals surface area contributed by atoms with Crippen molar-refractivity contribution in [3.63, 3.8) is 0 Å². The maximum atomic E-state index is 12.3. The minimum atomic E-state index is -0.826.